The lowest BCUT2D eigenvalue weighted by Crippen LogP contribution is -2.13. The summed E-state index contributed by atoms with van der Waals surface area (Å²) in [6.07, 6.45) is 0. The van der Waals surface area contributed by atoms with Gasteiger partial charge in [-0.05, 0) is 53.2 Å². The van der Waals surface area contributed by atoms with Gasteiger partial charge >= 0.3 is 0 Å². The molecule has 0 saturated heterocycles. The average molecular weight is 387 g/mol. The Morgan fingerprint density at radius 1 is 1.21 bits per heavy atom. The van der Waals surface area contributed by atoms with Crippen LogP contribution in [-0.4, -0.2) is 5.91 Å². The second kappa shape index (κ2) is 5.84. The molecule has 0 bridgehead atoms. The van der Waals surface area contributed by atoms with Crippen LogP contribution in [0.2, 0.25) is 0 Å². The van der Waals surface area contributed by atoms with Gasteiger partial charge in [0.2, 0.25) is 0 Å². The number of halogens is 3. The van der Waals surface area contributed by atoms with E-state index in [0.29, 0.717) is 21.3 Å². The van der Waals surface area contributed by atoms with E-state index in [4.69, 9.17) is 0 Å². The van der Waals surface area contributed by atoms with Crippen LogP contribution >= 0.6 is 31.9 Å². The minimum atomic E-state index is -0.340. The van der Waals surface area contributed by atoms with Gasteiger partial charge in [-0.3, -0.25) is 4.79 Å². The lowest BCUT2D eigenvalue weighted by Gasteiger charge is -2.10. The summed E-state index contributed by atoms with van der Waals surface area (Å²) in [5, 5.41) is 2.70. The summed E-state index contributed by atoms with van der Waals surface area (Å²) in [5.41, 5.74) is 1.38. The van der Waals surface area contributed by atoms with Gasteiger partial charge < -0.3 is 5.32 Å². The number of amides is 1. The van der Waals surface area contributed by atoms with Crippen LogP contribution in [0.3, 0.4) is 0 Å². The Labute approximate surface area is 127 Å². The Morgan fingerprint density at radius 2 is 1.95 bits per heavy atom. The normalized spacial score (nSPS) is 10.3. The molecule has 2 nitrogen and oxygen atoms in total. The summed E-state index contributed by atoms with van der Waals surface area (Å²) >= 11 is 6.65. The molecule has 0 spiro atoms. The zero-order valence-electron chi connectivity index (χ0n) is 10.0. The highest BCUT2D eigenvalue weighted by Crippen LogP contribution is 2.24. The molecule has 0 radical (unpaired) electrons. The molecule has 0 unspecified atom stereocenters. The molecule has 5 heteroatoms. The Bertz CT molecular complexity index is 643. The highest BCUT2D eigenvalue weighted by atomic mass is 79.9. The molecular formula is C14H10Br2FNO. The van der Waals surface area contributed by atoms with Gasteiger partial charge in [-0.1, -0.05) is 22.0 Å². The molecule has 2 rings (SSSR count). The number of nitrogens with one attached hydrogen (secondary N) is 1. The first-order valence-electron chi connectivity index (χ1n) is 5.50. The van der Waals surface area contributed by atoms with Gasteiger partial charge in [0.05, 0.1) is 5.56 Å². The smallest absolute Gasteiger partial charge is 0.256 e. The first-order chi connectivity index (χ1) is 8.99. The molecule has 2 aromatic rings. The van der Waals surface area contributed by atoms with Crippen LogP contribution in [0.25, 0.3) is 0 Å². The summed E-state index contributed by atoms with van der Waals surface area (Å²) < 4.78 is 14.9. The predicted molar refractivity (Wildman–Crippen MR) is 80.9 cm³/mol. The summed E-state index contributed by atoms with van der Waals surface area (Å²) in [4.78, 5) is 12.1. The van der Waals surface area contributed by atoms with Crippen molar-refractivity contribution in [2.24, 2.45) is 0 Å². The first-order valence-corrected chi connectivity index (χ1v) is 7.09. The predicted octanol–water partition coefficient (Wildman–Crippen LogP) is 4.91. The van der Waals surface area contributed by atoms with Gasteiger partial charge in [-0.25, -0.2) is 4.39 Å². The summed E-state index contributed by atoms with van der Waals surface area (Å²) in [7, 11) is 0. The van der Waals surface area contributed by atoms with Crippen molar-refractivity contribution in [3.8, 4) is 0 Å². The SMILES string of the molecule is Cc1c(F)cccc1NC(=O)c1ccc(Br)cc1Br. The fraction of sp³-hybridized carbons (Fsp3) is 0.0714. The van der Waals surface area contributed by atoms with Crippen molar-refractivity contribution >= 4 is 43.5 Å². The molecule has 98 valence electrons. The zero-order chi connectivity index (χ0) is 14.0. The number of anilines is 1. The van der Waals surface area contributed by atoms with Gasteiger partial charge in [-0.15, -0.1) is 0 Å². The van der Waals surface area contributed by atoms with Crippen molar-refractivity contribution in [1.82, 2.24) is 0 Å². The molecule has 0 aliphatic rings. The molecule has 0 aliphatic carbocycles. The molecular weight excluding hydrogens is 377 g/mol. The molecule has 0 fully saturated rings. The van der Waals surface area contributed by atoms with Crippen LogP contribution in [0, 0.1) is 12.7 Å². The van der Waals surface area contributed by atoms with E-state index in [1.54, 1.807) is 37.3 Å². The van der Waals surface area contributed by atoms with Crippen molar-refractivity contribution in [2.45, 2.75) is 6.92 Å². The third kappa shape index (κ3) is 3.22. The van der Waals surface area contributed by atoms with E-state index in [0.717, 1.165) is 4.47 Å². The Morgan fingerprint density at radius 3 is 2.63 bits per heavy atom. The maximum atomic E-state index is 13.4. The van der Waals surface area contributed by atoms with E-state index in [-0.39, 0.29) is 11.7 Å². The molecule has 0 aromatic heterocycles. The highest BCUT2D eigenvalue weighted by molar-refractivity contribution is 9.11. The van der Waals surface area contributed by atoms with Crippen LogP contribution in [0.15, 0.2) is 45.3 Å². The number of hydrogen-bond donors (Lipinski definition) is 1. The summed E-state index contributed by atoms with van der Waals surface area (Å²) in [6.45, 7) is 1.63. The maximum absolute atomic E-state index is 13.4. The molecule has 0 saturated carbocycles. The van der Waals surface area contributed by atoms with Crippen LogP contribution in [-0.2, 0) is 0 Å². The van der Waals surface area contributed by atoms with E-state index in [1.807, 2.05) is 0 Å². The van der Waals surface area contributed by atoms with Crippen LogP contribution in [0.1, 0.15) is 15.9 Å². The average Bonchev–Trinajstić information content (AvgIpc) is 2.34. The minimum absolute atomic E-state index is 0.284. The van der Waals surface area contributed by atoms with Crippen molar-refractivity contribution in [3.05, 3.63) is 62.3 Å². The lowest BCUT2D eigenvalue weighted by molar-refractivity contribution is 0.102. The van der Waals surface area contributed by atoms with Gasteiger partial charge in [-0.2, -0.15) is 0 Å². The fourth-order valence-electron chi connectivity index (χ4n) is 1.61. The Hall–Kier alpha value is -1.20. The zero-order valence-corrected chi connectivity index (χ0v) is 13.2. The van der Waals surface area contributed by atoms with Crippen molar-refractivity contribution in [3.63, 3.8) is 0 Å². The van der Waals surface area contributed by atoms with Crippen molar-refractivity contribution < 1.29 is 9.18 Å². The molecule has 0 aliphatic heterocycles. The molecule has 2 aromatic carbocycles. The van der Waals surface area contributed by atoms with E-state index in [9.17, 15) is 9.18 Å². The number of hydrogen-bond acceptors (Lipinski definition) is 1. The van der Waals surface area contributed by atoms with Gasteiger partial charge in [0, 0.05) is 20.2 Å². The number of carbonyl (C=O) groups is 1. The van der Waals surface area contributed by atoms with Crippen LogP contribution in [0.5, 0.6) is 0 Å². The monoisotopic (exact) mass is 385 g/mol. The third-order valence-corrected chi connectivity index (χ3v) is 3.84. The Kier molecular flexibility index (Phi) is 4.37. The van der Waals surface area contributed by atoms with E-state index < -0.39 is 0 Å². The molecule has 1 amide bonds. The summed E-state index contributed by atoms with van der Waals surface area (Å²) in [6, 6.07) is 9.85. The third-order valence-electron chi connectivity index (χ3n) is 2.69. The van der Waals surface area contributed by atoms with E-state index in [1.165, 1.54) is 6.07 Å². The van der Waals surface area contributed by atoms with Crippen LogP contribution in [0.4, 0.5) is 10.1 Å². The van der Waals surface area contributed by atoms with Crippen LogP contribution < -0.4 is 5.32 Å². The summed E-state index contributed by atoms with van der Waals surface area (Å²) in [5.74, 6) is -0.624. The second-order valence-electron chi connectivity index (χ2n) is 3.99. The van der Waals surface area contributed by atoms with Gasteiger partial charge in [0.15, 0.2) is 0 Å². The van der Waals surface area contributed by atoms with Crippen molar-refractivity contribution in [1.29, 1.82) is 0 Å². The topological polar surface area (TPSA) is 29.1 Å². The maximum Gasteiger partial charge on any atom is 0.256 e. The van der Waals surface area contributed by atoms with E-state index in [2.05, 4.69) is 37.2 Å². The number of rotatable bonds is 2. The Balaban J connectivity index is 2.28. The lowest BCUT2D eigenvalue weighted by atomic mass is 10.1. The molecule has 0 heterocycles. The highest BCUT2D eigenvalue weighted by Gasteiger charge is 2.12. The van der Waals surface area contributed by atoms with E-state index >= 15 is 0 Å². The first kappa shape index (κ1) is 14.2. The molecule has 19 heavy (non-hydrogen) atoms. The second-order valence-corrected chi connectivity index (χ2v) is 5.76. The minimum Gasteiger partial charge on any atom is -0.322 e. The quantitative estimate of drug-likeness (QED) is 0.780. The van der Waals surface area contributed by atoms with Gasteiger partial charge in [0.25, 0.3) is 5.91 Å². The number of benzene rings is 2. The molecule has 1 N–H and O–H groups in total. The van der Waals surface area contributed by atoms with Crippen molar-refractivity contribution in [2.75, 3.05) is 5.32 Å². The number of carbonyl (C=O) groups excluding carboxylic acids is 1. The molecule has 0 atom stereocenters. The largest absolute Gasteiger partial charge is 0.322 e. The standard InChI is InChI=1S/C14H10Br2FNO/c1-8-12(17)3-2-4-13(8)18-14(19)10-6-5-9(15)7-11(10)16/h2-7H,1H3,(H,18,19). The fourth-order valence-corrected chi connectivity index (χ4v) is 2.83. The van der Waals surface area contributed by atoms with Gasteiger partial charge in [0.1, 0.15) is 5.82 Å².